The second-order valence-corrected chi connectivity index (χ2v) is 6.14. The predicted octanol–water partition coefficient (Wildman–Crippen LogP) is 4.05. The summed E-state index contributed by atoms with van der Waals surface area (Å²) >= 11 is 0. The summed E-state index contributed by atoms with van der Waals surface area (Å²) in [6, 6.07) is 15.2. The van der Waals surface area contributed by atoms with Crippen molar-refractivity contribution in [3.8, 4) is 0 Å². The number of hydrogen-bond acceptors (Lipinski definition) is 2. The number of carbonyl (C=O) groups excluding carboxylic acids is 2. The summed E-state index contributed by atoms with van der Waals surface area (Å²) in [7, 11) is 0. The van der Waals surface area contributed by atoms with Gasteiger partial charge >= 0.3 is 0 Å². The molecule has 0 aliphatic rings. The monoisotopic (exact) mass is 338 g/mol. The molecule has 2 rings (SSSR count). The number of nitrogens with one attached hydrogen (secondary N) is 1. The summed E-state index contributed by atoms with van der Waals surface area (Å²) in [5.41, 5.74) is 3.59. The van der Waals surface area contributed by atoms with E-state index < -0.39 is 0 Å². The third kappa shape index (κ3) is 5.18. The quantitative estimate of drug-likeness (QED) is 0.828. The van der Waals surface area contributed by atoms with E-state index in [1.807, 2.05) is 62.4 Å². The van der Waals surface area contributed by atoms with Crippen LogP contribution in [0.2, 0.25) is 0 Å². The SMILES string of the molecule is CCCN(CC(=O)Nc1ccccc1C)C(=O)c1ccc(CC)cc1. The summed E-state index contributed by atoms with van der Waals surface area (Å²) < 4.78 is 0. The Morgan fingerprint density at radius 3 is 2.28 bits per heavy atom. The van der Waals surface area contributed by atoms with Gasteiger partial charge in [0.2, 0.25) is 5.91 Å². The van der Waals surface area contributed by atoms with Gasteiger partial charge in [-0.2, -0.15) is 0 Å². The standard InChI is InChI=1S/C21H26N2O2/c1-4-14-23(21(25)18-12-10-17(5-2)11-13-18)15-20(24)22-19-9-7-6-8-16(19)3/h6-13H,4-5,14-15H2,1-3H3,(H,22,24). The number of amides is 2. The van der Waals surface area contributed by atoms with Crippen molar-refractivity contribution in [1.82, 2.24) is 4.90 Å². The van der Waals surface area contributed by atoms with Gasteiger partial charge in [0.1, 0.15) is 6.54 Å². The van der Waals surface area contributed by atoms with Gasteiger partial charge in [0.25, 0.3) is 5.91 Å². The van der Waals surface area contributed by atoms with E-state index in [4.69, 9.17) is 0 Å². The molecule has 0 unspecified atom stereocenters. The van der Waals surface area contributed by atoms with Crippen molar-refractivity contribution in [2.45, 2.75) is 33.6 Å². The summed E-state index contributed by atoms with van der Waals surface area (Å²) in [4.78, 5) is 26.7. The lowest BCUT2D eigenvalue weighted by Gasteiger charge is -2.22. The van der Waals surface area contributed by atoms with Crippen molar-refractivity contribution in [3.63, 3.8) is 0 Å². The fourth-order valence-electron chi connectivity index (χ4n) is 2.66. The second-order valence-electron chi connectivity index (χ2n) is 6.14. The van der Waals surface area contributed by atoms with Crippen LogP contribution in [0, 0.1) is 6.92 Å². The largest absolute Gasteiger partial charge is 0.329 e. The number of carbonyl (C=O) groups is 2. The third-order valence-corrected chi connectivity index (χ3v) is 4.14. The summed E-state index contributed by atoms with van der Waals surface area (Å²) in [5, 5.41) is 2.89. The first-order chi connectivity index (χ1) is 12.0. The molecule has 0 saturated heterocycles. The maximum atomic E-state index is 12.7. The molecule has 0 aliphatic carbocycles. The van der Waals surface area contributed by atoms with Crippen molar-refractivity contribution >= 4 is 17.5 Å². The predicted molar refractivity (Wildman–Crippen MR) is 102 cm³/mol. The van der Waals surface area contributed by atoms with E-state index in [-0.39, 0.29) is 18.4 Å². The van der Waals surface area contributed by atoms with Crippen molar-refractivity contribution in [1.29, 1.82) is 0 Å². The molecule has 132 valence electrons. The molecule has 0 atom stereocenters. The number of benzene rings is 2. The number of nitrogens with zero attached hydrogens (tertiary/aromatic N) is 1. The zero-order valence-electron chi connectivity index (χ0n) is 15.2. The first kappa shape index (κ1) is 18.7. The normalized spacial score (nSPS) is 10.4. The molecule has 0 aromatic heterocycles. The van der Waals surface area contributed by atoms with Gasteiger partial charge in [-0.05, 0) is 49.1 Å². The van der Waals surface area contributed by atoms with Crippen LogP contribution in [0.15, 0.2) is 48.5 Å². The van der Waals surface area contributed by atoms with E-state index in [9.17, 15) is 9.59 Å². The minimum atomic E-state index is -0.179. The molecule has 0 fully saturated rings. The van der Waals surface area contributed by atoms with E-state index in [0.29, 0.717) is 12.1 Å². The zero-order chi connectivity index (χ0) is 18.2. The molecule has 0 saturated carbocycles. The van der Waals surface area contributed by atoms with E-state index in [2.05, 4.69) is 12.2 Å². The number of hydrogen-bond donors (Lipinski definition) is 1. The van der Waals surface area contributed by atoms with Crippen molar-refractivity contribution < 1.29 is 9.59 Å². The van der Waals surface area contributed by atoms with Gasteiger partial charge in [-0.15, -0.1) is 0 Å². The van der Waals surface area contributed by atoms with Gasteiger partial charge in [0, 0.05) is 17.8 Å². The van der Waals surface area contributed by atoms with E-state index in [1.165, 1.54) is 5.56 Å². The summed E-state index contributed by atoms with van der Waals surface area (Å²) in [5.74, 6) is -0.286. The Bertz CT molecular complexity index is 723. The molecule has 25 heavy (non-hydrogen) atoms. The van der Waals surface area contributed by atoms with E-state index in [1.54, 1.807) is 4.90 Å². The highest BCUT2D eigenvalue weighted by Gasteiger charge is 2.18. The molecule has 4 nitrogen and oxygen atoms in total. The van der Waals surface area contributed by atoms with Gasteiger partial charge in [-0.1, -0.05) is 44.2 Å². The highest BCUT2D eigenvalue weighted by atomic mass is 16.2. The van der Waals surface area contributed by atoms with Crippen LogP contribution in [0.3, 0.4) is 0 Å². The summed E-state index contributed by atoms with van der Waals surface area (Å²) in [6.45, 7) is 6.63. The maximum absolute atomic E-state index is 12.7. The smallest absolute Gasteiger partial charge is 0.254 e. The van der Waals surface area contributed by atoms with E-state index >= 15 is 0 Å². The van der Waals surface area contributed by atoms with Crippen LogP contribution in [0.4, 0.5) is 5.69 Å². The molecule has 4 heteroatoms. The zero-order valence-corrected chi connectivity index (χ0v) is 15.2. The Morgan fingerprint density at radius 2 is 1.68 bits per heavy atom. The maximum Gasteiger partial charge on any atom is 0.254 e. The van der Waals surface area contributed by atoms with Crippen LogP contribution < -0.4 is 5.32 Å². The summed E-state index contributed by atoms with van der Waals surface area (Å²) in [6.07, 6.45) is 1.74. The minimum Gasteiger partial charge on any atom is -0.329 e. The van der Waals surface area contributed by atoms with E-state index in [0.717, 1.165) is 24.1 Å². The Kier molecular flexibility index (Phi) is 6.75. The molecule has 0 aliphatic heterocycles. The Morgan fingerprint density at radius 1 is 1.00 bits per heavy atom. The lowest BCUT2D eigenvalue weighted by molar-refractivity contribution is -0.116. The first-order valence-corrected chi connectivity index (χ1v) is 8.78. The van der Waals surface area contributed by atoms with Crippen LogP contribution in [-0.2, 0) is 11.2 Å². The fraction of sp³-hybridized carbons (Fsp3) is 0.333. The molecule has 2 amide bonds. The number of aryl methyl sites for hydroxylation is 2. The average molecular weight is 338 g/mol. The molecule has 0 bridgehead atoms. The number of anilines is 1. The van der Waals surface area contributed by atoms with Crippen molar-refractivity contribution in [2.24, 2.45) is 0 Å². The average Bonchev–Trinajstić information content (AvgIpc) is 2.63. The first-order valence-electron chi connectivity index (χ1n) is 8.78. The van der Waals surface area contributed by atoms with Crippen molar-refractivity contribution in [2.75, 3.05) is 18.4 Å². The van der Waals surface area contributed by atoms with Gasteiger partial charge < -0.3 is 10.2 Å². The second kappa shape index (κ2) is 9.02. The highest BCUT2D eigenvalue weighted by Crippen LogP contribution is 2.14. The third-order valence-electron chi connectivity index (χ3n) is 4.14. The van der Waals surface area contributed by atoms with Crippen LogP contribution in [-0.4, -0.2) is 29.8 Å². The topological polar surface area (TPSA) is 49.4 Å². The van der Waals surface area contributed by atoms with Gasteiger partial charge in [-0.25, -0.2) is 0 Å². The Labute approximate surface area is 149 Å². The molecular formula is C21H26N2O2. The Hall–Kier alpha value is -2.62. The molecule has 0 heterocycles. The van der Waals surface area contributed by atoms with Crippen LogP contribution >= 0.6 is 0 Å². The number of para-hydroxylation sites is 1. The lowest BCUT2D eigenvalue weighted by atomic mass is 10.1. The van der Waals surface area contributed by atoms with Gasteiger partial charge in [-0.3, -0.25) is 9.59 Å². The van der Waals surface area contributed by atoms with Crippen LogP contribution in [0.25, 0.3) is 0 Å². The van der Waals surface area contributed by atoms with Crippen LogP contribution in [0.5, 0.6) is 0 Å². The molecule has 0 radical (unpaired) electrons. The highest BCUT2D eigenvalue weighted by molar-refractivity contribution is 5.99. The van der Waals surface area contributed by atoms with Crippen LogP contribution in [0.1, 0.15) is 41.8 Å². The number of rotatable bonds is 7. The molecule has 1 N–H and O–H groups in total. The lowest BCUT2D eigenvalue weighted by Crippen LogP contribution is -2.38. The Balaban J connectivity index is 2.07. The fourth-order valence-corrected chi connectivity index (χ4v) is 2.66. The van der Waals surface area contributed by atoms with Gasteiger partial charge in [0.15, 0.2) is 0 Å². The minimum absolute atomic E-state index is 0.0521. The van der Waals surface area contributed by atoms with Crippen molar-refractivity contribution in [3.05, 3.63) is 65.2 Å². The molecular weight excluding hydrogens is 312 g/mol. The van der Waals surface area contributed by atoms with Gasteiger partial charge in [0.05, 0.1) is 0 Å². The molecule has 2 aromatic carbocycles. The molecule has 2 aromatic rings. The molecule has 0 spiro atoms.